The van der Waals surface area contributed by atoms with E-state index in [1.165, 1.54) is 39.0 Å². The van der Waals surface area contributed by atoms with Crippen molar-refractivity contribution < 1.29 is 0 Å². The Morgan fingerprint density at radius 1 is 1.23 bits per heavy atom. The Kier molecular flexibility index (Phi) is 2.86. The number of hydrogen-bond acceptors (Lipinski definition) is 3. The third kappa shape index (κ3) is 2.03. The van der Waals surface area contributed by atoms with Gasteiger partial charge in [0.25, 0.3) is 0 Å². The molecule has 1 aliphatic carbocycles. The summed E-state index contributed by atoms with van der Waals surface area (Å²) in [7, 11) is 4.30. The molecule has 76 valence electrons. The molecule has 0 amide bonds. The molecule has 0 spiro atoms. The van der Waals surface area contributed by atoms with Crippen LogP contribution in [0.2, 0.25) is 0 Å². The van der Waals surface area contributed by atoms with Crippen molar-refractivity contribution >= 4 is 0 Å². The van der Waals surface area contributed by atoms with Crippen LogP contribution >= 0.6 is 0 Å². The lowest BCUT2D eigenvalue weighted by Gasteiger charge is -2.23. The van der Waals surface area contributed by atoms with Crippen LogP contribution in [0.15, 0.2) is 0 Å². The van der Waals surface area contributed by atoms with Crippen LogP contribution in [0.25, 0.3) is 0 Å². The van der Waals surface area contributed by atoms with Crippen molar-refractivity contribution in [3.05, 3.63) is 0 Å². The Bertz CT molecular complexity index is 172. The summed E-state index contributed by atoms with van der Waals surface area (Å²) in [5, 5.41) is 3.39. The molecule has 3 nitrogen and oxygen atoms in total. The molecule has 2 aliphatic rings. The molecule has 0 aromatic rings. The number of nitrogens with one attached hydrogen (secondary N) is 1. The Morgan fingerprint density at radius 2 is 2.08 bits per heavy atom. The van der Waals surface area contributed by atoms with Gasteiger partial charge in [0.15, 0.2) is 0 Å². The van der Waals surface area contributed by atoms with E-state index in [-0.39, 0.29) is 0 Å². The highest BCUT2D eigenvalue weighted by atomic mass is 15.4. The van der Waals surface area contributed by atoms with Gasteiger partial charge in [0.05, 0.1) is 6.67 Å². The zero-order chi connectivity index (χ0) is 9.26. The van der Waals surface area contributed by atoms with Crippen molar-refractivity contribution in [3.8, 4) is 0 Å². The highest BCUT2D eigenvalue weighted by molar-refractivity contribution is 4.87. The van der Waals surface area contributed by atoms with E-state index in [1.54, 1.807) is 0 Å². The third-order valence-electron chi connectivity index (χ3n) is 3.52. The number of rotatable bonds is 2. The van der Waals surface area contributed by atoms with Gasteiger partial charge in [-0.2, -0.15) is 0 Å². The van der Waals surface area contributed by atoms with Crippen LogP contribution < -0.4 is 5.32 Å². The normalized spacial score (nSPS) is 37.4. The Hall–Kier alpha value is -0.120. The molecule has 2 atom stereocenters. The zero-order valence-electron chi connectivity index (χ0n) is 8.79. The molecule has 3 heteroatoms. The summed E-state index contributed by atoms with van der Waals surface area (Å²) < 4.78 is 0. The van der Waals surface area contributed by atoms with Gasteiger partial charge in [0, 0.05) is 25.2 Å². The van der Waals surface area contributed by atoms with Crippen molar-refractivity contribution in [2.45, 2.75) is 31.3 Å². The molecule has 1 aliphatic heterocycles. The summed E-state index contributed by atoms with van der Waals surface area (Å²) in [5.41, 5.74) is 0. The summed E-state index contributed by atoms with van der Waals surface area (Å²) in [5.74, 6) is 0. The molecule has 0 bridgehead atoms. The lowest BCUT2D eigenvalue weighted by Crippen LogP contribution is -2.34. The molecule has 0 aromatic heterocycles. The fraction of sp³-hybridized carbons (Fsp3) is 1.00. The lowest BCUT2D eigenvalue weighted by atomic mass is 10.2. The van der Waals surface area contributed by atoms with Gasteiger partial charge in [-0.05, 0) is 33.4 Å². The summed E-state index contributed by atoms with van der Waals surface area (Å²) in [6.07, 6.45) is 4.10. The highest BCUT2D eigenvalue weighted by Crippen LogP contribution is 2.25. The molecule has 1 heterocycles. The zero-order valence-corrected chi connectivity index (χ0v) is 8.79. The van der Waals surface area contributed by atoms with Crippen LogP contribution in [0.4, 0.5) is 0 Å². The lowest BCUT2D eigenvalue weighted by molar-refractivity contribution is 0.206. The number of likely N-dealkylation sites (N-methyl/N-ethyl adjacent to an activating group) is 1. The van der Waals surface area contributed by atoms with Crippen LogP contribution in [0.3, 0.4) is 0 Å². The summed E-state index contributed by atoms with van der Waals surface area (Å²) in [6.45, 7) is 3.71. The summed E-state index contributed by atoms with van der Waals surface area (Å²) in [6, 6.07) is 1.62. The van der Waals surface area contributed by atoms with Crippen LogP contribution in [0.1, 0.15) is 19.3 Å². The summed E-state index contributed by atoms with van der Waals surface area (Å²) in [4.78, 5) is 5.05. The maximum atomic E-state index is 3.39. The minimum Gasteiger partial charge on any atom is -0.317 e. The molecule has 13 heavy (non-hydrogen) atoms. The maximum Gasteiger partial charge on any atom is 0.0507 e. The molecule has 2 rings (SSSR count). The Balaban J connectivity index is 1.82. The van der Waals surface area contributed by atoms with Crippen molar-refractivity contribution in [1.82, 2.24) is 15.1 Å². The molecule has 1 N–H and O–H groups in total. The van der Waals surface area contributed by atoms with E-state index in [1.807, 2.05) is 0 Å². The van der Waals surface area contributed by atoms with Gasteiger partial charge < -0.3 is 5.32 Å². The minimum absolute atomic E-state index is 0.774. The number of hydrogen-bond donors (Lipinski definition) is 1. The average molecular weight is 183 g/mol. The third-order valence-corrected chi connectivity index (χ3v) is 3.52. The first-order valence-electron chi connectivity index (χ1n) is 5.39. The molecular weight excluding hydrogens is 162 g/mol. The van der Waals surface area contributed by atoms with E-state index in [2.05, 4.69) is 29.2 Å². The Labute approximate surface area is 81.1 Å². The molecule has 1 saturated heterocycles. The van der Waals surface area contributed by atoms with E-state index >= 15 is 0 Å². The predicted molar refractivity (Wildman–Crippen MR) is 54.7 cm³/mol. The second kappa shape index (κ2) is 3.95. The van der Waals surface area contributed by atoms with Gasteiger partial charge in [-0.25, -0.2) is 0 Å². The van der Waals surface area contributed by atoms with Crippen molar-refractivity contribution in [2.24, 2.45) is 0 Å². The highest BCUT2D eigenvalue weighted by Gasteiger charge is 2.30. The van der Waals surface area contributed by atoms with Gasteiger partial charge in [0.2, 0.25) is 0 Å². The standard InChI is InChI=1S/C10H21N3/c1-11-9-3-4-10(7-9)13-6-5-12(2)8-13/h9-11H,3-8H2,1-2H3/t9-,10+/m1/s1. The molecule has 0 unspecified atom stereocenters. The van der Waals surface area contributed by atoms with E-state index < -0.39 is 0 Å². The molecule has 0 radical (unpaired) electrons. The SMILES string of the molecule is CN[C@@H]1CC[C@H](N2CCN(C)C2)C1. The van der Waals surface area contributed by atoms with Gasteiger partial charge in [0.1, 0.15) is 0 Å². The van der Waals surface area contributed by atoms with Crippen LogP contribution in [-0.4, -0.2) is 55.7 Å². The van der Waals surface area contributed by atoms with Crippen molar-refractivity contribution in [3.63, 3.8) is 0 Å². The second-order valence-electron chi connectivity index (χ2n) is 4.49. The van der Waals surface area contributed by atoms with Crippen molar-refractivity contribution in [2.75, 3.05) is 33.9 Å². The van der Waals surface area contributed by atoms with Crippen molar-refractivity contribution in [1.29, 1.82) is 0 Å². The van der Waals surface area contributed by atoms with E-state index in [4.69, 9.17) is 0 Å². The average Bonchev–Trinajstić information content (AvgIpc) is 2.71. The van der Waals surface area contributed by atoms with Crippen LogP contribution in [-0.2, 0) is 0 Å². The first-order valence-corrected chi connectivity index (χ1v) is 5.39. The number of nitrogens with zero attached hydrogens (tertiary/aromatic N) is 2. The van der Waals surface area contributed by atoms with Crippen LogP contribution in [0, 0.1) is 0 Å². The second-order valence-corrected chi connectivity index (χ2v) is 4.49. The Morgan fingerprint density at radius 3 is 2.62 bits per heavy atom. The first kappa shape index (κ1) is 9.44. The van der Waals surface area contributed by atoms with E-state index in [9.17, 15) is 0 Å². The fourth-order valence-electron chi connectivity index (χ4n) is 2.60. The fourth-order valence-corrected chi connectivity index (χ4v) is 2.60. The van der Waals surface area contributed by atoms with Gasteiger partial charge >= 0.3 is 0 Å². The molecule has 2 fully saturated rings. The monoisotopic (exact) mass is 183 g/mol. The van der Waals surface area contributed by atoms with Crippen LogP contribution in [0.5, 0.6) is 0 Å². The molecule has 0 aromatic carbocycles. The van der Waals surface area contributed by atoms with E-state index in [0.717, 1.165) is 12.1 Å². The largest absolute Gasteiger partial charge is 0.317 e. The maximum absolute atomic E-state index is 3.39. The van der Waals surface area contributed by atoms with Gasteiger partial charge in [-0.1, -0.05) is 0 Å². The molecule has 1 saturated carbocycles. The smallest absolute Gasteiger partial charge is 0.0507 e. The predicted octanol–water partition coefficient (Wildman–Crippen LogP) is 0.332. The quantitative estimate of drug-likeness (QED) is 0.665. The van der Waals surface area contributed by atoms with Gasteiger partial charge in [-0.3, -0.25) is 9.80 Å². The topological polar surface area (TPSA) is 18.5 Å². The van der Waals surface area contributed by atoms with Gasteiger partial charge in [-0.15, -0.1) is 0 Å². The summed E-state index contributed by atoms with van der Waals surface area (Å²) >= 11 is 0. The van der Waals surface area contributed by atoms with E-state index in [0.29, 0.717) is 0 Å². The molecular formula is C10H21N3. The first-order chi connectivity index (χ1) is 6.29. The minimum atomic E-state index is 0.774.